The number of nitriles is 3. The van der Waals surface area contributed by atoms with Gasteiger partial charge in [-0.2, -0.15) is 15.8 Å². The van der Waals surface area contributed by atoms with Crippen LogP contribution >= 0.6 is 34.0 Å². The van der Waals surface area contributed by atoms with Crippen molar-refractivity contribution in [1.29, 1.82) is 15.8 Å². The number of nitrogens with zero attached hydrogens (tertiary/aromatic N) is 6. The summed E-state index contributed by atoms with van der Waals surface area (Å²) in [5, 5.41) is 47.8. The van der Waals surface area contributed by atoms with Gasteiger partial charge in [0, 0.05) is 117 Å². The number of pyridine rings is 3. The second-order valence-electron chi connectivity index (χ2n) is 16.7. The molecule has 0 aliphatic rings. The molecule has 73 heavy (non-hydrogen) atoms. The van der Waals surface area contributed by atoms with E-state index in [-0.39, 0.29) is 60.9 Å². The maximum absolute atomic E-state index is 11.7. The zero-order chi connectivity index (χ0) is 50.6. The molecule has 0 radical (unpaired) electrons. The minimum atomic E-state index is -0.791. The Hall–Kier alpha value is -7.57. The third-order valence-electron chi connectivity index (χ3n) is 11.5. The van der Waals surface area contributed by atoms with Crippen molar-refractivity contribution in [3.8, 4) is 51.6 Å². The van der Waals surface area contributed by atoms with Crippen LogP contribution < -0.4 is 18.9 Å². The predicted molar refractivity (Wildman–Crippen MR) is 282 cm³/mol. The van der Waals surface area contributed by atoms with E-state index < -0.39 is 11.9 Å². The van der Waals surface area contributed by atoms with Crippen LogP contribution in [0.15, 0.2) is 128 Å². The van der Waals surface area contributed by atoms with E-state index >= 15 is 0 Å². The quantitative estimate of drug-likeness (QED) is 0.0808. The molecule has 0 fully saturated rings. The summed E-state index contributed by atoms with van der Waals surface area (Å²) < 4.78 is 8.38. The minimum Gasteiger partial charge on any atom is -0.870 e. The average molecular weight is 1020 g/mol. The van der Waals surface area contributed by atoms with Gasteiger partial charge < -0.3 is 20.4 Å². The zero-order valence-electron chi connectivity index (χ0n) is 40.6. The standard InChI is InChI=1S/C20H18N2O2S.2C18H14N2O2S.Li.H2O/c1-3-24-19(23)8-13(2)18-9-16-11-22-12-17(20(16)25-18)15-6-4-14(10-21)5-7-15;2*1-11(6-17(21)22)16-7-14-9-20-10-15(18(14)23-16)13-4-2-12(8-19)3-5-13;;/h4-7,9,11-13H,3,8H2,1-2H3;2*2-5,7,9-11H,6H2,1H3,(H,21,22);;1H2/q;;;+1;/p-1/t13-;2*11-;;/m010../s1. The van der Waals surface area contributed by atoms with E-state index in [1.54, 1.807) is 70.7 Å². The zero-order valence-corrected chi connectivity index (χ0v) is 43.0. The van der Waals surface area contributed by atoms with Gasteiger partial charge in [0.1, 0.15) is 0 Å². The molecular weight excluding hydrogens is 972 g/mol. The molecule has 0 saturated carbocycles. The third-order valence-corrected chi connectivity index (χ3v) is 15.7. The van der Waals surface area contributed by atoms with Crippen molar-refractivity contribution in [3.63, 3.8) is 0 Å². The van der Waals surface area contributed by atoms with Crippen LogP contribution in [0.5, 0.6) is 0 Å². The van der Waals surface area contributed by atoms with Gasteiger partial charge in [-0.25, -0.2) is 0 Å². The van der Waals surface area contributed by atoms with Crippen LogP contribution in [0.4, 0.5) is 0 Å². The van der Waals surface area contributed by atoms with E-state index in [0.717, 1.165) is 78.3 Å². The second-order valence-corrected chi connectivity index (χ2v) is 20.0. The van der Waals surface area contributed by atoms with Gasteiger partial charge in [-0.1, -0.05) is 57.2 Å². The summed E-state index contributed by atoms with van der Waals surface area (Å²) in [6, 6.07) is 34.8. The van der Waals surface area contributed by atoms with E-state index in [9.17, 15) is 14.4 Å². The SMILES string of the molecule is CCOC(=O)C[C@H](C)c1cc2cncc(-c3ccc(C#N)cc3)c2s1.C[C@@H](CC(=O)O)c1cc2cncc(-c3ccc(C#N)cc3)c2s1.C[C@H](CC(=O)O)c1cc2cncc(-c3ccc(C#N)cc3)c2s1.[Li+].[OH-]. The monoisotopic (exact) mass is 1020 g/mol. The van der Waals surface area contributed by atoms with Crippen LogP contribution in [0.25, 0.3) is 63.6 Å². The number of rotatable bonds is 13. The summed E-state index contributed by atoms with van der Waals surface area (Å²) in [5.41, 5.74) is 7.97. The maximum atomic E-state index is 11.7. The van der Waals surface area contributed by atoms with Crippen molar-refractivity contribution in [3.05, 3.63) is 159 Å². The predicted octanol–water partition coefficient (Wildman–Crippen LogP) is 10.5. The van der Waals surface area contributed by atoms with Gasteiger partial charge in [-0.3, -0.25) is 29.3 Å². The van der Waals surface area contributed by atoms with E-state index in [2.05, 4.69) is 39.2 Å². The van der Waals surface area contributed by atoms with Crippen LogP contribution in [-0.2, 0) is 19.1 Å². The van der Waals surface area contributed by atoms with Crippen molar-refractivity contribution in [1.82, 2.24) is 15.0 Å². The summed E-state index contributed by atoms with van der Waals surface area (Å²) in [4.78, 5) is 49.7. The van der Waals surface area contributed by atoms with Crippen molar-refractivity contribution in [2.75, 3.05) is 6.61 Å². The van der Waals surface area contributed by atoms with Crippen molar-refractivity contribution in [2.24, 2.45) is 0 Å². The number of ether oxygens (including phenoxy) is 1. The van der Waals surface area contributed by atoms with Crippen LogP contribution in [0.2, 0.25) is 0 Å². The summed E-state index contributed by atoms with van der Waals surface area (Å²) >= 11 is 4.90. The molecule has 6 heterocycles. The van der Waals surface area contributed by atoms with Gasteiger partial charge >= 0.3 is 36.8 Å². The number of thiophene rings is 3. The number of hydrogen-bond acceptors (Lipinski definition) is 14. The Balaban J connectivity index is 0.000000201. The molecule has 0 bridgehead atoms. The number of carbonyl (C=O) groups excluding carboxylic acids is 1. The van der Waals surface area contributed by atoms with Crippen LogP contribution in [0.3, 0.4) is 0 Å². The second kappa shape index (κ2) is 26.2. The molecule has 3 N–H and O–H groups in total. The van der Waals surface area contributed by atoms with E-state index in [0.29, 0.717) is 29.7 Å². The molecule has 0 aliphatic carbocycles. The van der Waals surface area contributed by atoms with Crippen molar-refractivity contribution < 1.29 is 53.7 Å². The van der Waals surface area contributed by atoms with Crippen LogP contribution in [0, 0.1) is 34.0 Å². The van der Waals surface area contributed by atoms with E-state index in [4.69, 9.17) is 30.7 Å². The number of carbonyl (C=O) groups is 3. The molecule has 13 nitrogen and oxygen atoms in total. The topological polar surface area (TPSA) is 241 Å². The summed E-state index contributed by atoms with van der Waals surface area (Å²) in [6.45, 7) is 8.11. The molecule has 0 saturated heterocycles. The summed E-state index contributed by atoms with van der Waals surface area (Å²) in [7, 11) is 0. The van der Waals surface area contributed by atoms with Gasteiger partial charge in [0.25, 0.3) is 0 Å². The molecule has 9 rings (SSSR count). The van der Waals surface area contributed by atoms with Crippen LogP contribution in [-0.4, -0.2) is 55.2 Å². The molecule has 17 heteroatoms. The van der Waals surface area contributed by atoms with Gasteiger partial charge in [0.05, 0.1) is 60.8 Å². The fourth-order valence-electron chi connectivity index (χ4n) is 7.76. The smallest absolute Gasteiger partial charge is 0.870 e. The Morgan fingerprint density at radius 1 is 0.521 bits per heavy atom. The molecule has 0 spiro atoms. The maximum Gasteiger partial charge on any atom is 1.00 e. The number of fused-ring (bicyclic) bond motifs is 3. The molecule has 0 unspecified atom stereocenters. The van der Waals surface area contributed by atoms with E-state index in [1.807, 2.05) is 113 Å². The first-order valence-electron chi connectivity index (χ1n) is 22.5. The number of carboxylic acids is 2. The molecule has 3 atom stereocenters. The number of aliphatic carboxylic acids is 2. The molecule has 3 aromatic carbocycles. The normalized spacial score (nSPS) is 11.6. The Labute approximate surface area is 446 Å². The Morgan fingerprint density at radius 2 is 0.808 bits per heavy atom. The van der Waals surface area contributed by atoms with Gasteiger partial charge in [-0.15, -0.1) is 34.0 Å². The Kier molecular flexibility index (Phi) is 20.2. The number of carboxylic acid groups (broad SMARTS) is 2. The van der Waals surface area contributed by atoms with Crippen LogP contribution in [0.1, 0.15) is 96.0 Å². The van der Waals surface area contributed by atoms with E-state index in [1.165, 1.54) is 0 Å². The number of benzene rings is 3. The average Bonchev–Trinajstić information content (AvgIpc) is 4.15. The molecule has 362 valence electrons. The molecular formula is C56H47LiN6O7S3. The molecule has 0 amide bonds. The third kappa shape index (κ3) is 14.1. The molecule has 9 aromatic rings. The number of aromatic nitrogens is 3. The number of esters is 1. The van der Waals surface area contributed by atoms with Crippen molar-refractivity contribution >= 4 is 82.2 Å². The first-order chi connectivity index (χ1) is 34.3. The number of hydrogen-bond donors (Lipinski definition) is 2. The molecule has 0 aliphatic heterocycles. The fourth-order valence-corrected chi connectivity index (χ4v) is 11.4. The minimum absolute atomic E-state index is 0. The largest absolute Gasteiger partial charge is 1.00 e. The first-order valence-corrected chi connectivity index (χ1v) is 25.0. The molecule has 6 aromatic heterocycles. The Bertz CT molecular complexity index is 3350. The summed E-state index contributed by atoms with van der Waals surface area (Å²) in [6.07, 6.45) is 11.5. The fraction of sp³-hybridized carbons (Fsp3) is 0.196. The summed E-state index contributed by atoms with van der Waals surface area (Å²) in [5.74, 6) is -1.71. The first kappa shape index (κ1) is 56.3. The van der Waals surface area contributed by atoms with Gasteiger partial charge in [0.2, 0.25) is 0 Å². The van der Waals surface area contributed by atoms with Gasteiger partial charge in [-0.05, 0) is 78.2 Å². The Morgan fingerprint density at radius 3 is 1.07 bits per heavy atom. The van der Waals surface area contributed by atoms with Crippen molar-refractivity contribution in [2.45, 2.75) is 64.7 Å². The van der Waals surface area contributed by atoms with Gasteiger partial charge in [0.15, 0.2) is 0 Å².